The van der Waals surface area contributed by atoms with Crippen LogP contribution in [0.4, 0.5) is 0 Å². The van der Waals surface area contributed by atoms with Crippen molar-refractivity contribution in [3.05, 3.63) is 84.7 Å². The zero-order chi connectivity index (χ0) is 22.5. The van der Waals surface area contributed by atoms with Crippen molar-refractivity contribution in [2.24, 2.45) is 0 Å². The maximum atomic E-state index is 5.54. The van der Waals surface area contributed by atoms with Gasteiger partial charge in [0.15, 0.2) is 23.0 Å². The summed E-state index contributed by atoms with van der Waals surface area (Å²) in [7, 11) is 6.58. The minimum atomic E-state index is 0.694. The number of benzene rings is 3. The maximum absolute atomic E-state index is 5.54. The molecule has 0 aliphatic heterocycles. The fourth-order valence-corrected chi connectivity index (χ4v) is 3.86. The molecule has 164 valence electrons. The molecule has 4 rings (SSSR count). The van der Waals surface area contributed by atoms with E-state index in [4.69, 9.17) is 18.9 Å². The van der Waals surface area contributed by atoms with Crippen LogP contribution in [0.3, 0.4) is 0 Å². The molecule has 1 aromatic heterocycles. The van der Waals surface area contributed by atoms with Crippen LogP contribution in [-0.2, 0) is 6.54 Å². The van der Waals surface area contributed by atoms with Gasteiger partial charge in [-0.2, -0.15) is 0 Å². The van der Waals surface area contributed by atoms with Crippen LogP contribution in [0, 0.1) is 0 Å². The third-order valence-corrected chi connectivity index (χ3v) is 5.48. The van der Waals surface area contributed by atoms with Gasteiger partial charge in [0.2, 0.25) is 0 Å². The van der Waals surface area contributed by atoms with Gasteiger partial charge in [-0.3, -0.25) is 0 Å². The second-order valence-corrected chi connectivity index (χ2v) is 7.38. The molecule has 0 spiro atoms. The molecule has 0 bridgehead atoms. The van der Waals surface area contributed by atoms with Gasteiger partial charge in [-0.1, -0.05) is 42.5 Å². The summed E-state index contributed by atoms with van der Waals surface area (Å²) in [6, 6.07) is 22.4. The standard InChI is InChI=1S/C27H27NO4/c1-29-24-12-10-20(14-26(24)31-3)22-17-28(16-19-8-6-5-7-9-19)18-23(22)21-11-13-25(30-2)27(15-21)32-4/h5-15,17-18H,16H2,1-4H3. The Bertz CT molecular complexity index is 1120. The number of nitrogens with zero attached hydrogens (tertiary/aromatic N) is 1. The Labute approximate surface area is 188 Å². The van der Waals surface area contributed by atoms with Crippen LogP contribution in [0.2, 0.25) is 0 Å². The molecule has 0 unspecified atom stereocenters. The van der Waals surface area contributed by atoms with Gasteiger partial charge in [-0.25, -0.2) is 0 Å². The third kappa shape index (κ3) is 4.28. The quantitative estimate of drug-likeness (QED) is 0.349. The van der Waals surface area contributed by atoms with Gasteiger partial charge in [0.05, 0.1) is 28.4 Å². The molecule has 3 aromatic carbocycles. The largest absolute Gasteiger partial charge is 0.493 e. The summed E-state index contributed by atoms with van der Waals surface area (Å²) < 4.78 is 24.1. The average Bonchev–Trinajstić information content (AvgIpc) is 3.27. The molecule has 0 atom stereocenters. The fraction of sp³-hybridized carbons (Fsp3) is 0.185. The van der Waals surface area contributed by atoms with Gasteiger partial charge in [-0.05, 0) is 41.0 Å². The summed E-state index contributed by atoms with van der Waals surface area (Å²) in [5.41, 5.74) is 5.50. The van der Waals surface area contributed by atoms with E-state index in [9.17, 15) is 0 Å². The van der Waals surface area contributed by atoms with E-state index < -0.39 is 0 Å². The van der Waals surface area contributed by atoms with Gasteiger partial charge in [0.1, 0.15) is 0 Å². The highest BCUT2D eigenvalue weighted by Gasteiger charge is 2.16. The highest BCUT2D eigenvalue weighted by Crippen LogP contribution is 2.40. The summed E-state index contributed by atoms with van der Waals surface area (Å²) in [4.78, 5) is 0. The molecule has 0 amide bonds. The lowest BCUT2D eigenvalue weighted by atomic mass is 9.98. The molecule has 5 heteroatoms. The first-order chi connectivity index (χ1) is 15.7. The molecular formula is C27H27NO4. The van der Waals surface area contributed by atoms with Crippen LogP contribution in [0.15, 0.2) is 79.1 Å². The molecule has 0 aliphatic rings. The van der Waals surface area contributed by atoms with Crippen LogP contribution in [0.1, 0.15) is 5.56 Å². The Morgan fingerprint density at radius 3 is 1.47 bits per heavy atom. The van der Waals surface area contributed by atoms with Gasteiger partial charge < -0.3 is 23.5 Å². The van der Waals surface area contributed by atoms with Crippen molar-refractivity contribution in [3.63, 3.8) is 0 Å². The molecule has 32 heavy (non-hydrogen) atoms. The molecule has 0 radical (unpaired) electrons. The first kappa shape index (κ1) is 21.4. The summed E-state index contributed by atoms with van der Waals surface area (Å²) >= 11 is 0. The van der Waals surface area contributed by atoms with Crippen molar-refractivity contribution in [3.8, 4) is 45.3 Å². The van der Waals surface area contributed by atoms with Crippen LogP contribution in [0.25, 0.3) is 22.3 Å². The molecule has 1 heterocycles. The first-order valence-corrected chi connectivity index (χ1v) is 10.3. The lowest BCUT2D eigenvalue weighted by Crippen LogP contribution is -1.95. The summed E-state index contributed by atoms with van der Waals surface area (Å²) in [5, 5.41) is 0. The number of rotatable bonds is 8. The Kier molecular flexibility index (Phi) is 6.36. The second-order valence-electron chi connectivity index (χ2n) is 7.38. The van der Waals surface area contributed by atoms with Crippen molar-refractivity contribution in [1.82, 2.24) is 4.57 Å². The molecule has 0 aliphatic carbocycles. The monoisotopic (exact) mass is 429 g/mol. The SMILES string of the molecule is COc1ccc(-c2cn(Cc3ccccc3)cc2-c2ccc(OC)c(OC)c2)cc1OC. The summed E-state index contributed by atoms with van der Waals surface area (Å²) in [6.07, 6.45) is 4.33. The summed E-state index contributed by atoms with van der Waals surface area (Å²) in [5.74, 6) is 2.79. The number of hydrogen-bond donors (Lipinski definition) is 0. The Balaban J connectivity index is 1.84. The Morgan fingerprint density at radius 2 is 1.03 bits per heavy atom. The number of ether oxygens (including phenoxy) is 4. The minimum Gasteiger partial charge on any atom is -0.493 e. The van der Waals surface area contributed by atoms with E-state index in [0.29, 0.717) is 23.0 Å². The van der Waals surface area contributed by atoms with Crippen molar-refractivity contribution < 1.29 is 18.9 Å². The van der Waals surface area contributed by atoms with Crippen molar-refractivity contribution in [2.45, 2.75) is 6.54 Å². The first-order valence-electron chi connectivity index (χ1n) is 10.3. The van der Waals surface area contributed by atoms with Gasteiger partial charge in [-0.15, -0.1) is 0 Å². The smallest absolute Gasteiger partial charge is 0.161 e. The van der Waals surface area contributed by atoms with Crippen molar-refractivity contribution in [2.75, 3.05) is 28.4 Å². The van der Waals surface area contributed by atoms with E-state index in [2.05, 4.69) is 41.2 Å². The van der Waals surface area contributed by atoms with E-state index in [1.165, 1.54) is 5.56 Å². The Hall–Kier alpha value is -3.86. The number of aromatic nitrogens is 1. The highest BCUT2D eigenvalue weighted by molar-refractivity contribution is 5.85. The lowest BCUT2D eigenvalue weighted by molar-refractivity contribution is 0.355. The summed E-state index contributed by atoms with van der Waals surface area (Å²) in [6.45, 7) is 0.772. The van der Waals surface area contributed by atoms with E-state index in [-0.39, 0.29) is 0 Å². The molecule has 4 aromatic rings. The molecular weight excluding hydrogens is 402 g/mol. The van der Waals surface area contributed by atoms with Crippen molar-refractivity contribution in [1.29, 1.82) is 0 Å². The fourth-order valence-electron chi connectivity index (χ4n) is 3.86. The van der Waals surface area contributed by atoms with Gasteiger partial charge in [0, 0.05) is 30.1 Å². The minimum absolute atomic E-state index is 0.694. The van der Waals surface area contributed by atoms with E-state index >= 15 is 0 Å². The molecule has 0 N–H and O–H groups in total. The average molecular weight is 430 g/mol. The zero-order valence-electron chi connectivity index (χ0n) is 18.8. The van der Waals surface area contributed by atoms with E-state index in [0.717, 1.165) is 28.8 Å². The Morgan fingerprint density at radius 1 is 0.562 bits per heavy atom. The molecule has 5 nitrogen and oxygen atoms in total. The zero-order valence-corrected chi connectivity index (χ0v) is 18.8. The predicted molar refractivity (Wildman–Crippen MR) is 127 cm³/mol. The topological polar surface area (TPSA) is 41.9 Å². The van der Waals surface area contributed by atoms with Gasteiger partial charge >= 0.3 is 0 Å². The van der Waals surface area contributed by atoms with E-state index in [1.54, 1.807) is 28.4 Å². The normalized spacial score (nSPS) is 10.6. The van der Waals surface area contributed by atoms with Gasteiger partial charge in [0.25, 0.3) is 0 Å². The lowest BCUT2D eigenvalue weighted by Gasteiger charge is -2.12. The van der Waals surface area contributed by atoms with Crippen LogP contribution >= 0.6 is 0 Å². The van der Waals surface area contributed by atoms with Crippen LogP contribution in [0.5, 0.6) is 23.0 Å². The third-order valence-electron chi connectivity index (χ3n) is 5.48. The van der Waals surface area contributed by atoms with Crippen molar-refractivity contribution >= 4 is 0 Å². The number of hydrogen-bond acceptors (Lipinski definition) is 4. The van der Waals surface area contributed by atoms with E-state index in [1.807, 2.05) is 42.5 Å². The maximum Gasteiger partial charge on any atom is 0.161 e. The van der Waals surface area contributed by atoms with Crippen LogP contribution < -0.4 is 18.9 Å². The molecule has 0 fully saturated rings. The predicted octanol–water partition coefficient (Wildman–Crippen LogP) is 5.90. The molecule has 0 saturated heterocycles. The number of methoxy groups -OCH3 is 4. The highest BCUT2D eigenvalue weighted by atomic mass is 16.5. The van der Waals surface area contributed by atoms with Crippen LogP contribution in [-0.4, -0.2) is 33.0 Å². The second kappa shape index (κ2) is 9.52. The molecule has 0 saturated carbocycles.